The highest BCUT2D eigenvalue weighted by molar-refractivity contribution is 5.92. The Hall–Kier alpha value is -2.66. The van der Waals surface area contributed by atoms with E-state index in [1.54, 1.807) is 12.1 Å². The van der Waals surface area contributed by atoms with Crippen LogP contribution in [0.25, 0.3) is 0 Å². The van der Waals surface area contributed by atoms with Crippen LogP contribution in [-0.4, -0.2) is 29.8 Å². The number of benzene rings is 2. The van der Waals surface area contributed by atoms with Crippen molar-refractivity contribution in [1.29, 1.82) is 0 Å². The van der Waals surface area contributed by atoms with Crippen LogP contribution in [-0.2, 0) is 22.6 Å². The van der Waals surface area contributed by atoms with E-state index >= 15 is 0 Å². The molecule has 2 aromatic carbocycles. The van der Waals surface area contributed by atoms with Crippen molar-refractivity contribution in [3.05, 3.63) is 59.7 Å². The van der Waals surface area contributed by atoms with E-state index in [0.29, 0.717) is 6.42 Å². The van der Waals surface area contributed by atoms with Gasteiger partial charge in [0.1, 0.15) is 0 Å². The normalized spacial score (nSPS) is 14.6. The molecule has 0 radical (unpaired) electrons. The monoisotopic (exact) mass is 365 g/mol. The predicted octanol–water partition coefficient (Wildman–Crippen LogP) is 3.81. The molecular weight excluding hydrogens is 338 g/mol. The SMILES string of the molecule is CC(=O)Nc1ccc(CC(=O)Nc2ccc(CN3CCCCC3)cc2)cc1. The van der Waals surface area contributed by atoms with Crippen LogP contribution in [0.4, 0.5) is 11.4 Å². The Balaban J connectivity index is 1.49. The van der Waals surface area contributed by atoms with E-state index in [2.05, 4.69) is 27.7 Å². The fourth-order valence-electron chi connectivity index (χ4n) is 3.37. The van der Waals surface area contributed by atoms with Gasteiger partial charge in [0, 0.05) is 24.8 Å². The second kappa shape index (κ2) is 9.33. The summed E-state index contributed by atoms with van der Waals surface area (Å²) < 4.78 is 0. The van der Waals surface area contributed by atoms with Gasteiger partial charge in [0.2, 0.25) is 11.8 Å². The van der Waals surface area contributed by atoms with Gasteiger partial charge in [-0.2, -0.15) is 0 Å². The Kier molecular flexibility index (Phi) is 6.60. The zero-order valence-corrected chi connectivity index (χ0v) is 15.8. The molecule has 2 N–H and O–H groups in total. The second-order valence-electron chi connectivity index (χ2n) is 7.14. The lowest BCUT2D eigenvalue weighted by Crippen LogP contribution is -2.29. The van der Waals surface area contributed by atoms with E-state index in [1.807, 2.05) is 24.3 Å². The molecule has 2 amide bonds. The van der Waals surface area contributed by atoms with Crippen LogP contribution in [0.15, 0.2) is 48.5 Å². The van der Waals surface area contributed by atoms with Crippen LogP contribution in [0.3, 0.4) is 0 Å². The van der Waals surface area contributed by atoms with Crippen molar-refractivity contribution in [2.45, 2.75) is 39.2 Å². The average Bonchev–Trinajstić information content (AvgIpc) is 2.65. The lowest BCUT2D eigenvalue weighted by atomic mass is 10.1. The van der Waals surface area contributed by atoms with Crippen molar-refractivity contribution < 1.29 is 9.59 Å². The number of likely N-dealkylation sites (tertiary alicyclic amines) is 1. The van der Waals surface area contributed by atoms with E-state index in [9.17, 15) is 9.59 Å². The molecule has 2 aromatic rings. The summed E-state index contributed by atoms with van der Waals surface area (Å²) in [5.41, 5.74) is 3.74. The minimum absolute atomic E-state index is 0.0499. The topological polar surface area (TPSA) is 61.4 Å². The van der Waals surface area contributed by atoms with E-state index in [1.165, 1.54) is 44.8 Å². The summed E-state index contributed by atoms with van der Waals surface area (Å²) in [6.45, 7) is 4.81. The Bertz CT molecular complexity index is 763. The molecule has 0 saturated carbocycles. The van der Waals surface area contributed by atoms with Gasteiger partial charge in [-0.15, -0.1) is 0 Å². The van der Waals surface area contributed by atoms with Gasteiger partial charge in [-0.25, -0.2) is 0 Å². The highest BCUT2D eigenvalue weighted by Crippen LogP contribution is 2.16. The lowest BCUT2D eigenvalue weighted by molar-refractivity contribution is -0.116. The smallest absolute Gasteiger partial charge is 0.228 e. The molecule has 1 saturated heterocycles. The van der Waals surface area contributed by atoms with Gasteiger partial charge >= 0.3 is 0 Å². The van der Waals surface area contributed by atoms with Crippen molar-refractivity contribution >= 4 is 23.2 Å². The summed E-state index contributed by atoms with van der Waals surface area (Å²) in [5, 5.41) is 5.66. The minimum atomic E-state index is -0.107. The summed E-state index contributed by atoms with van der Waals surface area (Å²) in [6, 6.07) is 15.4. The molecule has 27 heavy (non-hydrogen) atoms. The minimum Gasteiger partial charge on any atom is -0.326 e. The molecule has 5 heteroatoms. The zero-order chi connectivity index (χ0) is 19.1. The average molecular weight is 365 g/mol. The van der Waals surface area contributed by atoms with Gasteiger partial charge in [-0.1, -0.05) is 30.7 Å². The maximum absolute atomic E-state index is 12.3. The first-order valence-corrected chi connectivity index (χ1v) is 9.56. The summed E-state index contributed by atoms with van der Waals surface area (Å²) in [5.74, 6) is -0.157. The van der Waals surface area contributed by atoms with Crippen molar-refractivity contribution in [2.24, 2.45) is 0 Å². The second-order valence-corrected chi connectivity index (χ2v) is 7.14. The number of nitrogens with zero attached hydrogens (tertiary/aromatic N) is 1. The Morgan fingerprint density at radius 3 is 1.96 bits per heavy atom. The Morgan fingerprint density at radius 1 is 0.815 bits per heavy atom. The number of hydrogen-bond donors (Lipinski definition) is 2. The maximum atomic E-state index is 12.3. The first-order chi connectivity index (χ1) is 13.1. The van der Waals surface area contributed by atoms with Gasteiger partial charge in [-0.3, -0.25) is 14.5 Å². The van der Waals surface area contributed by atoms with Gasteiger partial charge in [0.05, 0.1) is 6.42 Å². The van der Waals surface area contributed by atoms with Crippen LogP contribution in [0.1, 0.15) is 37.3 Å². The molecule has 1 aliphatic rings. The number of anilines is 2. The number of amides is 2. The van der Waals surface area contributed by atoms with Gasteiger partial charge < -0.3 is 10.6 Å². The molecule has 0 bridgehead atoms. The highest BCUT2D eigenvalue weighted by Gasteiger charge is 2.10. The standard InChI is InChI=1S/C22H27N3O2/c1-17(26)23-20-9-5-18(6-10-20)15-22(27)24-21-11-7-19(8-12-21)16-25-13-3-2-4-14-25/h5-12H,2-4,13-16H2,1H3,(H,23,26)(H,24,27). The number of carbonyl (C=O) groups excluding carboxylic acids is 2. The number of rotatable bonds is 6. The lowest BCUT2D eigenvalue weighted by Gasteiger charge is -2.26. The molecule has 1 aliphatic heterocycles. The first-order valence-electron chi connectivity index (χ1n) is 9.56. The summed E-state index contributed by atoms with van der Waals surface area (Å²) in [4.78, 5) is 25.8. The van der Waals surface area contributed by atoms with E-state index < -0.39 is 0 Å². The van der Waals surface area contributed by atoms with Crippen LogP contribution >= 0.6 is 0 Å². The van der Waals surface area contributed by atoms with Crippen LogP contribution in [0.5, 0.6) is 0 Å². The summed E-state index contributed by atoms with van der Waals surface area (Å²) in [6.07, 6.45) is 4.23. The maximum Gasteiger partial charge on any atom is 0.228 e. The van der Waals surface area contributed by atoms with Crippen molar-refractivity contribution in [1.82, 2.24) is 4.90 Å². The summed E-state index contributed by atoms with van der Waals surface area (Å²) >= 11 is 0. The fourth-order valence-corrected chi connectivity index (χ4v) is 3.37. The molecule has 1 fully saturated rings. The molecular formula is C22H27N3O2. The van der Waals surface area contributed by atoms with E-state index in [0.717, 1.165) is 23.5 Å². The van der Waals surface area contributed by atoms with Crippen LogP contribution in [0.2, 0.25) is 0 Å². The third-order valence-electron chi connectivity index (χ3n) is 4.73. The molecule has 142 valence electrons. The van der Waals surface area contributed by atoms with Crippen LogP contribution < -0.4 is 10.6 Å². The third-order valence-corrected chi connectivity index (χ3v) is 4.73. The molecule has 1 heterocycles. The fraction of sp³-hybridized carbons (Fsp3) is 0.364. The van der Waals surface area contributed by atoms with Crippen molar-refractivity contribution in [2.75, 3.05) is 23.7 Å². The zero-order valence-electron chi connectivity index (χ0n) is 15.8. The molecule has 0 atom stereocenters. The Morgan fingerprint density at radius 2 is 1.37 bits per heavy atom. The quantitative estimate of drug-likeness (QED) is 0.818. The molecule has 0 spiro atoms. The Labute approximate surface area is 160 Å². The molecule has 0 aliphatic carbocycles. The van der Waals surface area contributed by atoms with Crippen LogP contribution in [0, 0.1) is 0 Å². The van der Waals surface area contributed by atoms with Gasteiger partial charge in [-0.05, 0) is 61.3 Å². The van der Waals surface area contributed by atoms with Gasteiger partial charge in [0.25, 0.3) is 0 Å². The number of carbonyl (C=O) groups is 2. The van der Waals surface area contributed by atoms with E-state index in [-0.39, 0.29) is 11.8 Å². The van der Waals surface area contributed by atoms with Crippen molar-refractivity contribution in [3.63, 3.8) is 0 Å². The molecule has 0 aromatic heterocycles. The van der Waals surface area contributed by atoms with Gasteiger partial charge in [0.15, 0.2) is 0 Å². The number of hydrogen-bond acceptors (Lipinski definition) is 3. The largest absolute Gasteiger partial charge is 0.326 e. The summed E-state index contributed by atoms with van der Waals surface area (Å²) in [7, 11) is 0. The number of piperidine rings is 1. The van der Waals surface area contributed by atoms with E-state index in [4.69, 9.17) is 0 Å². The number of nitrogens with one attached hydrogen (secondary N) is 2. The first kappa shape index (κ1) is 19.1. The highest BCUT2D eigenvalue weighted by atomic mass is 16.2. The molecule has 5 nitrogen and oxygen atoms in total. The predicted molar refractivity (Wildman–Crippen MR) is 109 cm³/mol. The third kappa shape index (κ3) is 6.22. The van der Waals surface area contributed by atoms with Crippen molar-refractivity contribution in [3.8, 4) is 0 Å². The molecule has 3 rings (SSSR count). The molecule has 0 unspecified atom stereocenters.